The summed E-state index contributed by atoms with van der Waals surface area (Å²) in [6.45, 7) is 2.00. The van der Waals surface area contributed by atoms with Crippen LogP contribution in [-0.2, 0) is 4.79 Å². The Bertz CT molecular complexity index is 335. The SMILES string of the molecule is CC(CC1CC1)NC(=O)NC1(CC(=O)O)CCC1. The first-order valence-corrected chi connectivity index (χ1v) is 6.80. The number of nitrogens with one attached hydrogen (secondary N) is 2. The monoisotopic (exact) mass is 254 g/mol. The van der Waals surface area contributed by atoms with E-state index in [9.17, 15) is 9.59 Å². The van der Waals surface area contributed by atoms with Crippen LogP contribution in [0, 0.1) is 5.92 Å². The maximum Gasteiger partial charge on any atom is 0.315 e. The zero-order valence-corrected chi connectivity index (χ0v) is 10.9. The minimum absolute atomic E-state index is 0.0252. The highest BCUT2D eigenvalue weighted by Crippen LogP contribution is 2.35. The third-order valence-electron chi connectivity index (χ3n) is 3.94. The molecule has 1 unspecified atom stereocenters. The number of carboxylic acid groups (broad SMARTS) is 1. The second-order valence-corrected chi connectivity index (χ2v) is 5.88. The molecule has 0 saturated heterocycles. The van der Waals surface area contributed by atoms with E-state index in [1.54, 1.807) is 0 Å². The molecule has 5 heteroatoms. The van der Waals surface area contributed by atoms with Crippen LogP contribution in [0.25, 0.3) is 0 Å². The molecule has 2 rings (SSSR count). The maximum absolute atomic E-state index is 11.8. The van der Waals surface area contributed by atoms with E-state index in [4.69, 9.17) is 5.11 Å². The number of carboxylic acids is 1. The molecule has 3 N–H and O–H groups in total. The molecular weight excluding hydrogens is 232 g/mol. The number of urea groups is 1. The molecule has 2 amide bonds. The zero-order valence-electron chi connectivity index (χ0n) is 10.9. The van der Waals surface area contributed by atoms with Gasteiger partial charge in [0.25, 0.3) is 0 Å². The van der Waals surface area contributed by atoms with Gasteiger partial charge in [0, 0.05) is 6.04 Å². The van der Waals surface area contributed by atoms with Gasteiger partial charge in [0.15, 0.2) is 0 Å². The van der Waals surface area contributed by atoms with E-state index in [-0.39, 0.29) is 18.5 Å². The van der Waals surface area contributed by atoms with Crippen molar-refractivity contribution < 1.29 is 14.7 Å². The summed E-state index contributed by atoms with van der Waals surface area (Å²) >= 11 is 0. The highest BCUT2D eigenvalue weighted by atomic mass is 16.4. The molecule has 2 fully saturated rings. The lowest BCUT2D eigenvalue weighted by Crippen LogP contribution is -2.58. The fourth-order valence-corrected chi connectivity index (χ4v) is 2.65. The van der Waals surface area contributed by atoms with Gasteiger partial charge in [-0.25, -0.2) is 4.79 Å². The second-order valence-electron chi connectivity index (χ2n) is 5.88. The highest BCUT2D eigenvalue weighted by molar-refractivity contribution is 5.77. The van der Waals surface area contributed by atoms with Gasteiger partial charge >= 0.3 is 12.0 Å². The van der Waals surface area contributed by atoms with Crippen LogP contribution in [0.15, 0.2) is 0 Å². The van der Waals surface area contributed by atoms with Gasteiger partial charge in [-0.2, -0.15) is 0 Å². The summed E-state index contributed by atoms with van der Waals surface area (Å²) in [5.74, 6) is -0.0713. The molecule has 0 bridgehead atoms. The lowest BCUT2D eigenvalue weighted by molar-refractivity contribution is -0.139. The standard InChI is InChI=1S/C13H22N2O3/c1-9(7-10-3-4-10)14-12(18)15-13(5-2-6-13)8-11(16)17/h9-10H,2-8H2,1H3,(H,16,17)(H2,14,15,18). The van der Waals surface area contributed by atoms with Gasteiger partial charge in [0.2, 0.25) is 0 Å². The van der Waals surface area contributed by atoms with Crippen LogP contribution in [0.3, 0.4) is 0 Å². The quantitative estimate of drug-likeness (QED) is 0.677. The molecule has 2 aliphatic rings. The van der Waals surface area contributed by atoms with E-state index in [0.29, 0.717) is 0 Å². The maximum atomic E-state index is 11.8. The van der Waals surface area contributed by atoms with Crippen LogP contribution in [0.1, 0.15) is 51.9 Å². The summed E-state index contributed by atoms with van der Waals surface area (Å²) in [5, 5.41) is 14.6. The Morgan fingerprint density at radius 2 is 2.06 bits per heavy atom. The molecule has 0 aromatic heterocycles. The van der Waals surface area contributed by atoms with E-state index < -0.39 is 11.5 Å². The first-order chi connectivity index (χ1) is 8.49. The largest absolute Gasteiger partial charge is 0.481 e. The number of rotatable bonds is 6. The Kier molecular flexibility index (Phi) is 3.78. The number of hydrogen-bond donors (Lipinski definition) is 3. The fraction of sp³-hybridized carbons (Fsp3) is 0.846. The van der Waals surface area contributed by atoms with Crippen LogP contribution in [0.4, 0.5) is 4.79 Å². The van der Waals surface area contributed by atoms with Crippen molar-refractivity contribution in [2.45, 2.75) is 63.5 Å². The molecule has 18 heavy (non-hydrogen) atoms. The van der Waals surface area contributed by atoms with Crippen molar-refractivity contribution in [2.75, 3.05) is 0 Å². The third kappa shape index (κ3) is 3.62. The van der Waals surface area contributed by atoms with Gasteiger partial charge < -0.3 is 15.7 Å². The molecule has 2 aliphatic carbocycles. The van der Waals surface area contributed by atoms with Gasteiger partial charge in [-0.15, -0.1) is 0 Å². The summed E-state index contributed by atoms with van der Waals surface area (Å²) in [5.41, 5.74) is -0.505. The van der Waals surface area contributed by atoms with Crippen molar-refractivity contribution >= 4 is 12.0 Å². The first-order valence-electron chi connectivity index (χ1n) is 6.80. The molecule has 2 saturated carbocycles. The molecule has 1 atom stereocenters. The van der Waals surface area contributed by atoms with E-state index in [2.05, 4.69) is 10.6 Å². The number of amides is 2. The zero-order chi connectivity index (χ0) is 13.2. The van der Waals surface area contributed by atoms with E-state index in [0.717, 1.165) is 31.6 Å². The van der Waals surface area contributed by atoms with Gasteiger partial charge in [0.1, 0.15) is 0 Å². The molecule has 0 heterocycles. The molecule has 5 nitrogen and oxygen atoms in total. The van der Waals surface area contributed by atoms with Gasteiger partial charge in [0.05, 0.1) is 12.0 Å². The number of carbonyl (C=O) groups is 2. The Labute approximate surface area is 107 Å². The first kappa shape index (κ1) is 13.2. The van der Waals surface area contributed by atoms with Crippen molar-refractivity contribution in [1.82, 2.24) is 10.6 Å². The predicted octanol–water partition coefficient (Wildman–Crippen LogP) is 1.87. The average molecular weight is 254 g/mol. The summed E-state index contributed by atoms with van der Waals surface area (Å²) in [4.78, 5) is 22.6. The van der Waals surface area contributed by atoms with Crippen molar-refractivity contribution in [3.05, 3.63) is 0 Å². The van der Waals surface area contributed by atoms with Crippen molar-refractivity contribution in [3.8, 4) is 0 Å². The fourth-order valence-electron chi connectivity index (χ4n) is 2.65. The van der Waals surface area contributed by atoms with Crippen LogP contribution in [0.5, 0.6) is 0 Å². The second kappa shape index (κ2) is 5.16. The number of carbonyl (C=O) groups excluding carboxylic acids is 1. The van der Waals surface area contributed by atoms with Gasteiger partial charge in [-0.3, -0.25) is 4.79 Å². The summed E-state index contributed by atoms with van der Waals surface area (Å²) in [6, 6.07) is -0.0523. The molecule has 0 aromatic rings. The molecular formula is C13H22N2O3. The molecule has 0 radical (unpaired) electrons. The van der Waals surface area contributed by atoms with Crippen LogP contribution in [-0.4, -0.2) is 28.7 Å². The molecule has 0 aromatic carbocycles. The van der Waals surface area contributed by atoms with Crippen molar-refractivity contribution in [3.63, 3.8) is 0 Å². The molecule has 102 valence electrons. The smallest absolute Gasteiger partial charge is 0.315 e. The van der Waals surface area contributed by atoms with E-state index in [1.807, 2.05) is 6.92 Å². The Morgan fingerprint density at radius 3 is 2.50 bits per heavy atom. The highest BCUT2D eigenvalue weighted by Gasteiger charge is 2.40. The molecule has 0 aliphatic heterocycles. The lowest BCUT2D eigenvalue weighted by Gasteiger charge is -2.41. The average Bonchev–Trinajstić information content (AvgIpc) is 2.96. The van der Waals surface area contributed by atoms with Gasteiger partial charge in [-0.1, -0.05) is 12.8 Å². The van der Waals surface area contributed by atoms with Gasteiger partial charge in [-0.05, 0) is 38.5 Å². The summed E-state index contributed by atoms with van der Waals surface area (Å²) < 4.78 is 0. The Balaban J connectivity index is 1.75. The van der Waals surface area contributed by atoms with Crippen molar-refractivity contribution in [1.29, 1.82) is 0 Å². The lowest BCUT2D eigenvalue weighted by atomic mass is 9.74. The van der Waals surface area contributed by atoms with Crippen molar-refractivity contribution in [2.24, 2.45) is 5.92 Å². The Hall–Kier alpha value is -1.26. The van der Waals surface area contributed by atoms with Crippen LogP contribution in [0.2, 0.25) is 0 Å². The molecule has 0 spiro atoms. The van der Waals surface area contributed by atoms with Crippen LogP contribution >= 0.6 is 0 Å². The number of hydrogen-bond acceptors (Lipinski definition) is 2. The van der Waals surface area contributed by atoms with Crippen LogP contribution < -0.4 is 10.6 Å². The minimum Gasteiger partial charge on any atom is -0.481 e. The summed E-state index contributed by atoms with van der Waals surface area (Å²) in [6.07, 6.45) is 6.13. The summed E-state index contributed by atoms with van der Waals surface area (Å²) in [7, 11) is 0. The van der Waals surface area contributed by atoms with E-state index >= 15 is 0 Å². The number of aliphatic carboxylic acids is 1. The predicted molar refractivity (Wildman–Crippen MR) is 67.3 cm³/mol. The normalized spacial score (nSPS) is 22.7. The topological polar surface area (TPSA) is 78.4 Å². The Morgan fingerprint density at radius 1 is 1.39 bits per heavy atom. The van der Waals surface area contributed by atoms with E-state index in [1.165, 1.54) is 12.8 Å². The minimum atomic E-state index is -0.846. The third-order valence-corrected chi connectivity index (χ3v) is 3.94.